The highest BCUT2D eigenvalue weighted by atomic mass is 16.5. The smallest absolute Gasteiger partial charge is 0.193 e. The first-order chi connectivity index (χ1) is 9.22. The van der Waals surface area contributed by atoms with E-state index in [-0.39, 0.29) is 0 Å². The van der Waals surface area contributed by atoms with Crippen molar-refractivity contribution in [3.8, 4) is 0 Å². The van der Waals surface area contributed by atoms with Crippen molar-refractivity contribution in [3.05, 3.63) is 29.8 Å². The molecule has 5 heteroatoms. The highest BCUT2D eigenvalue weighted by Gasteiger charge is 1.94. The fourth-order valence-corrected chi connectivity index (χ4v) is 1.43. The summed E-state index contributed by atoms with van der Waals surface area (Å²) in [5.74, 6) is 0.431. The lowest BCUT2D eigenvalue weighted by Gasteiger charge is -2.06. The van der Waals surface area contributed by atoms with Crippen LogP contribution in [0.4, 0.5) is 5.69 Å². The summed E-state index contributed by atoms with van der Waals surface area (Å²) in [5, 5.41) is 3.05. The van der Waals surface area contributed by atoms with Crippen LogP contribution < -0.4 is 11.1 Å². The second-order valence-electron chi connectivity index (χ2n) is 4.22. The van der Waals surface area contributed by atoms with Gasteiger partial charge in [-0.15, -0.1) is 0 Å². The number of hydrogen-bond acceptors (Lipinski definition) is 3. The van der Waals surface area contributed by atoms with Crippen molar-refractivity contribution in [1.29, 1.82) is 0 Å². The van der Waals surface area contributed by atoms with E-state index in [0.717, 1.165) is 12.1 Å². The van der Waals surface area contributed by atoms with Crippen molar-refractivity contribution in [2.75, 3.05) is 38.8 Å². The summed E-state index contributed by atoms with van der Waals surface area (Å²) in [6.45, 7) is 4.62. The second-order valence-corrected chi connectivity index (χ2v) is 4.22. The van der Waals surface area contributed by atoms with Gasteiger partial charge in [0.25, 0.3) is 0 Å². The Morgan fingerprint density at radius 1 is 1.21 bits per heavy atom. The third-order valence-corrected chi connectivity index (χ3v) is 2.48. The lowest BCUT2D eigenvalue weighted by Crippen LogP contribution is -2.23. The molecule has 0 heterocycles. The number of hydrogen-bond donors (Lipinski definition) is 2. The molecule has 0 aliphatic heterocycles. The van der Waals surface area contributed by atoms with Gasteiger partial charge in [0.2, 0.25) is 0 Å². The van der Waals surface area contributed by atoms with Gasteiger partial charge in [0.05, 0.1) is 13.2 Å². The topological polar surface area (TPSA) is 68.9 Å². The highest BCUT2D eigenvalue weighted by molar-refractivity contribution is 5.92. The van der Waals surface area contributed by atoms with Crippen LogP contribution in [0.5, 0.6) is 0 Å². The predicted octanol–water partition coefficient (Wildman–Crippen LogP) is 1.77. The van der Waals surface area contributed by atoms with E-state index in [0.29, 0.717) is 32.3 Å². The van der Waals surface area contributed by atoms with E-state index in [4.69, 9.17) is 15.2 Å². The van der Waals surface area contributed by atoms with Gasteiger partial charge in [-0.1, -0.05) is 17.7 Å². The summed E-state index contributed by atoms with van der Waals surface area (Å²) >= 11 is 0. The molecule has 0 atom stereocenters. The highest BCUT2D eigenvalue weighted by Crippen LogP contribution is 2.07. The fraction of sp³-hybridized carbons (Fsp3) is 0.500. The number of benzene rings is 1. The molecule has 1 rings (SSSR count). The lowest BCUT2D eigenvalue weighted by atomic mass is 10.2. The van der Waals surface area contributed by atoms with Crippen molar-refractivity contribution in [2.24, 2.45) is 10.7 Å². The number of aryl methyl sites for hydroxylation is 1. The number of nitrogens with one attached hydrogen (secondary N) is 1. The summed E-state index contributed by atoms with van der Waals surface area (Å²) in [4.78, 5) is 4.23. The van der Waals surface area contributed by atoms with Crippen LogP contribution >= 0.6 is 0 Å². The molecule has 1 aromatic rings. The van der Waals surface area contributed by atoms with Crippen LogP contribution in [-0.4, -0.2) is 39.4 Å². The average Bonchev–Trinajstić information content (AvgIpc) is 2.40. The van der Waals surface area contributed by atoms with Crippen LogP contribution in [0.1, 0.15) is 12.0 Å². The summed E-state index contributed by atoms with van der Waals surface area (Å²) in [5.41, 5.74) is 7.95. The quantitative estimate of drug-likeness (QED) is 0.427. The Bertz CT molecular complexity index is 377. The van der Waals surface area contributed by atoms with Gasteiger partial charge in [0.15, 0.2) is 5.96 Å². The van der Waals surface area contributed by atoms with Crippen LogP contribution in [0.25, 0.3) is 0 Å². The third kappa shape index (κ3) is 7.43. The van der Waals surface area contributed by atoms with Crippen molar-refractivity contribution in [2.45, 2.75) is 13.3 Å². The van der Waals surface area contributed by atoms with Gasteiger partial charge < -0.3 is 20.5 Å². The van der Waals surface area contributed by atoms with E-state index in [9.17, 15) is 0 Å². The Morgan fingerprint density at radius 3 is 2.63 bits per heavy atom. The van der Waals surface area contributed by atoms with Gasteiger partial charge in [0.1, 0.15) is 0 Å². The summed E-state index contributed by atoms with van der Waals surface area (Å²) in [6.07, 6.45) is 0.847. The maximum Gasteiger partial charge on any atom is 0.193 e. The molecule has 5 nitrogen and oxygen atoms in total. The number of nitrogens with zero attached hydrogens (tertiary/aromatic N) is 1. The molecule has 0 aromatic heterocycles. The van der Waals surface area contributed by atoms with Gasteiger partial charge >= 0.3 is 0 Å². The van der Waals surface area contributed by atoms with E-state index in [2.05, 4.69) is 10.3 Å². The van der Waals surface area contributed by atoms with Crippen LogP contribution in [0, 0.1) is 6.92 Å². The van der Waals surface area contributed by atoms with E-state index >= 15 is 0 Å². The molecule has 106 valence electrons. The normalized spacial score (nSPS) is 11.6. The first-order valence-electron chi connectivity index (χ1n) is 6.42. The molecule has 0 aliphatic carbocycles. The van der Waals surface area contributed by atoms with E-state index in [1.54, 1.807) is 7.11 Å². The Kier molecular flexibility index (Phi) is 7.62. The Balaban J connectivity index is 2.16. The molecular weight excluding hydrogens is 242 g/mol. The minimum Gasteiger partial charge on any atom is -0.382 e. The lowest BCUT2D eigenvalue weighted by molar-refractivity contribution is 0.0702. The van der Waals surface area contributed by atoms with Gasteiger partial charge in [-0.3, -0.25) is 4.99 Å². The zero-order valence-corrected chi connectivity index (χ0v) is 11.7. The molecule has 0 fully saturated rings. The van der Waals surface area contributed by atoms with Gasteiger partial charge in [-0.05, 0) is 25.5 Å². The number of ether oxygens (including phenoxy) is 2. The second kappa shape index (κ2) is 9.35. The van der Waals surface area contributed by atoms with Crippen LogP contribution in [0.15, 0.2) is 29.3 Å². The molecule has 0 saturated carbocycles. The zero-order valence-electron chi connectivity index (χ0n) is 11.7. The molecule has 0 spiro atoms. The number of nitrogens with two attached hydrogens (primary N) is 1. The monoisotopic (exact) mass is 265 g/mol. The molecule has 0 amide bonds. The molecule has 0 saturated heterocycles. The SMILES string of the molecule is COCCOCCCN=C(N)Nc1ccc(C)cc1. The molecular formula is C14H23N3O2. The van der Waals surface area contributed by atoms with Crippen molar-refractivity contribution < 1.29 is 9.47 Å². The van der Waals surface area contributed by atoms with Crippen LogP contribution in [-0.2, 0) is 9.47 Å². The molecule has 0 aliphatic rings. The predicted molar refractivity (Wildman–Crippen MR) is 78.6 cm³/mol. The minimum atomic E-state index is 0.431. The molecule has 19 heavy (non-hydrogen) atoms. The number of anilines is 1. The largest absolute Gasteiger partial charge is 0.382 e. The van der Waals surface area contributed by atoms with Gasteiger partial charge in [0, 0.05) is 25.9 Å². The first-order valence-corrected chi connectivity index (χ1v) is 6.42. The standard InChI is InChI=1S/C14H23N3O2/c1-12-4-6-13(7-5-12)17-14(15)16-8-3-9-19-11-10-18-2/h4-7H,3,8-11H2,1-2H3,(H3,15,16,17). The maximum atomic E-state index is 5.78. The molecule has 3 N–H and O–H groups in total. The molecule has 0 radical (unpaired) electrons. The number of aliphatic imine (C=N–C) groups is 1. The maximum absolute atomic E-state index is 5.78. The average molecular weight is 265 g/mol. The zero-order chi connectivity index (χ0) is 13.9. The minimum absolute atomic E-state index is 0.431. The number of guanidine groups is 1. The van der Waals surface area contributed by atoms with Crippen molar-refractivity contribution in [1.82, 2.24) is 0 Å². The molecule has 0 unspecified atom stereocenters. The summed E-state index contributed by atoms with van der Waals surface area (Å²) in [7, 11) is 1.66. The Labute approximate surface area is 114 Å². The summed E-state index contributed by atoms with van der Waals surface area (Å²) < 4.78 is 10.2. The van der Waals surface area contributed by atoms with Crippen molar-refractivity contribution >= 4 is 11.6 Å². The number of rotatable bonds is 8. The van der Waals surface area contributed by atoms with E-state index < -0.39 is 0 Å². The fourth-order valence-electron chi connectivity index (χ4n) is 1.43. The third-order valence-electron chi connectivity index (χ3n) is 2.48. The molecule has 1 aromatic carbocycles. The summed E-state index contributed by atoms with van der Waals surface area (Å²) in [6, 6.07) is 8.01. The molecule has 0 bridgehead atoms. The van der Waals surface area contributed by atoms with Crippen LogP contribution in [0.2, 0.25) is 0 Å². The first kappa shape index (κ1) is 15.5. The van der Waals surface area contributed by atoms with E-state index in [1.165, 1.54) is 5.56 Å². The number of methoxy groups -OCH3 is 1. The van der Waals surface area contributed by atoms with Gasteiger partial charge in [-0.25, -0.2) is 0 Å². The Hall–Kier alpha value is -1.59. The van der Waals surface area contributed by atoms with Crippen molar-refractivity contribution in [3.63, 3.8) is 0 Å². The van der Waals surface area contributed by atoms with Gasteiger partial charge in [-0.2, -0.15) is 0 Å². The van der Waals surface area contributed by atoms with Crippen LogP contribution in [0.3, 0.4) is 0 Å². The Morgan fingerprint density at radius 2 is 1.95 bits per heavy atom. The van der Waals surface area contributed by atoms with E-state index in [1.807, 2.05) is 31.2 Å².